The quantitative estimate of drug-likeness (QED) is 0.300. The van der Waals surface area contributed by atoms with Gasteiger partial charge in [-0.05, 0) is 6.42 Å². The maximum atomic E-state index is 11.4. The van der Waals surface area contributed by atoms with Crippen LogP contribution in [0.25, 0.3) is 0 Å². The van der Waals surface area contributed by atoms with Crippen LogP contribution in [0.4, 0.5) is 0 Å². The first kappa shape index (κ1) is 18.1. The molecule has 0 saturated heterocycles. The van der Waals surface area contributed by atoms with Gasteiger partial charge < -0.3 is 22.5 Å². The summed E-state index contributed by atoms with van der Waals surface area (Å²) in [6.07, 6.45) is 1.06. The van der Waals surface area contributed by atoms with Gasteiger partial charge in [0.25, 0.3) is 0 Å². The van der Waals surface area contributed by atoms with Crippen LogP contribution in [-0.2, 0) is 14.4 Å². The summed E-state index contributed by atoms with van der Waals surface area (Å²) in [4.78, 5) is 33.2. The zero-order valence-corrected chi connectivity index (χ0v) is 12.4. The largest absolute Gasteiger partial charge is 0.368 e. The Morgan fingerprint density at radius 1 is 1.11 bits per heavy atom. The molecule has 0 aliphatic carbocycles. The molecule has 1 unspecified atom stereocenters. The molecule has 0 radical (unpaired) electrons. The molecule has 19 heavy (non-hydrogen) atoms. The van der Waals surface area contributed by atoms with Gasteiger partial charge in [-0.2, -0.15) is 0 Å². The van der Waals surface area contributed by atoms with Crippen molar-refractivity contribution in [3.05, 3.63) is 0 Å². The molecule has 2 atom stereocenters. The van der Waals surface area contributed by atoms with Crippen LogP contribution >= 0.6 is 21.6 Å². The number of nitrogens with one attached hydrogen (secondary N) is 1. The lowest BCUT2D eigenvalue weighted by atomic mass is 10.2. The minimum absolute atomic E-state index is 0.203. The summed E-state index contributed by atoms with van der Waals surface area (Å²) in [5, 5.41) is 2.56. The Labute approximate surface area is 120 Å². The number of nitrogens with two attached hydrogens (primary N) is 3. The Hall–Kier alpha value is -0.930. The highest BCUT2D eigenvalue weighted by molar-refractivity contribution is 8.76. The second kappa shape index (κ2) is 9.93. The summed E-state index contributed by atoms with van der Waals surface area (Å²) in [5.41, 5.74) is 15.6. The summed E-state index contributed by atoms with van der Waals surface area (Å²) in [5.74, 6) is -0.701. The fourth-order valence-electron chi connectivity index (χ4n) is 1.01. The zero-order chi connectivity index (χ0) is 14.8. The topological polar surface area (TPSA) is 141 Å². The maximum absolute atomic E-state index is 11.4. The summed E-state index contributed by atoms with van der Waals surface area (Å²) < 4.78 is 0. The lowest BCUT2D eigenvalue weighted by Gasteiger charge is -2.15. The molecule has 0 aromatic heterocycles. The molecule has 0 heterocycles. The summed E-state index contributed by atoms with van der Waals surface area (Å²) in [6.45, 7) is 1.87. The SMILES string of the molecule is CCCC(=O)N[C@@H](CSSCC(N)C(N)=O)C(N)=O. The first-order valence-corrected chi connectivity index (χ1v) is 8.25. The molecule has 0 aliphatic heterocycles. The van der Waals surface area contributed by atoms with Crippen LogP contribution in [0.1, 0.15) is 19.8 Å². The zero-order valence-electron chi connectivity index (χ0n) is 10.8. The number of amides is 3. The Bertz CT molecular complexity index is 328. The average molecular weight is 308 g/mol. The van der Waals surface area contributed by atoms with Crippen molar-refractivity contribution in [1.29, 1.82) is 0 Å². The highest BCUT2D eigenvalue weighted by Crippen LogP contribution is 2.22. The molecule has 0 aromatic carbocycles. The van der Waals surface area contributed by atoms with Crippen LogP contribution in [0.2, 0.25) is 0 Å². The molecule has 3 amide bonds. The van der Waals surface area contributed by atoms with Crippen LogP contribution in [0.15, 0.2) is 0 Å². The van der Waals surface area contributed by atoms with Gasteiger partial charge in [0.15, 0.2) is 0 Å². The highest BCUT2D eigenvalue weighted by Gasteiger charge is 2.18. The molecule has 9 heteroatoms. The number of primary amides is 2. The molecular formula is C10H20N4O3S2. The van der Waals surface area contributed by atoms with Gasteiger partial charge >= 0.3 is 0 Å². The summed E-state index contributed by atoms with van der Waals surface area (Å²) in [7, 11) is 2.62. The van der Waals surface area contributed by atoms with Gasteiger partial charge in [0, 0.05) is 17.9 Å². The van der Waals surface area contributed by atoms with E-state index in [1.165, 1.54) is 21.6 Å². The summed E-state index contributed by atoms with van der Waals surface area (Å²) in [6, 6.07) is -1.44. The van der Waals surface area contributed by atoms with Gasteiger partial charge in [0.1, 0.15) is 6.04 Å². The van der Waals surface area contributed by atoms with E-state index in [0.29, 0.717) is 24.3 Å². The Kier molecular flexibility index (Phi) is 9.44. The third-order valence-electron chi connectivity index (χ3n) is 2.09. The van der Waals surface area contributed by atoms with Crippen LogP contribution in [0, 0.1) is 0 Å². The van der Waals surface area contributed by atoms with Gasteiger partial charge in [0.2, 0.25) is 17.7 Å². The molecule has 110 valence electrons. The molecule has 0 spiro atoms. The minimum Gasteiger partial charge on any atom is -0.368 e. The van der Waals surface area contributed by atoms with Crippen molar-refractivity contribution in [3.63, 3.8) is 0 Å². The van der Waals surface area contributed by atoms with E-state index in [-0.39, 0.29) is 5.91 Å². The maximum Gasteiger partial charge on any atom is 0.240 e. The number of rotatable bonds is 10. The molecule has 0 saturated carbocycles. The Balaban J connectivity index is 3.99. The van der Waals surface area contributed by atoms with Gasteiger partial charge in [0.05, 0.1) is 6.04 Å². The smallest absolute Gasteiger partial charge is 0.240 e. The molecule has 0 fully saturated rings. The standard InChI is InChI=1S/C10H20N4O3S2/c1-2-3-8(15)14-7(10(13)17)5-19-18-4-6(11)9(12)16/h6-7H,2-5,11H2,1H3,(H2,12,16)(H2,13,17)(H,14,15)/t6?,7-/m0/s1. The third-order valence-corrected chi connectivity index (χ3v) is 4.53. The number of hydrogen-bond acceptors (Lipinski definition) is 6. The van der Waals surface area contributed by atoms with Crippen molar-refractivity contribution in [2.75, 3.05) is 11.5 Å². The number of hydrogen-bond donors (Lipinski definition) is 4. The first-order chi connectivity index (χ1) is 8.88. The monoisotopic (exact) mass is 308 g/mol. The lowest BCUT2D eigenvalue weighted by Crippen LogP contribution is -2.46. The molecule has 0 aliphatic rings. The van der Waals surface area contributed by atoms with Crippen molar-refractivity contribution < 1.29 is 14.4 Å². The van der Waals surface area contributed by atoms with Crippen LogP contribution in [0.3, 0.4) is 0 Å². The fourth-order valence-corrected chi connectivity index (χ4v) is 3.32. The van der Waals surface area contributed by atoms with E-state index >= 15 is 0 Å². The van der Waals surface area contributed by atoms with Crippen LogP contribution in [0.5, 0.6) is 0 Å². The van der Waals surface area contributed by atoms with Gasteiger partial charge in [-0.25, -0.2) is 0 Å². The van der Waals surface area contributed by atoms with E-state index in [4.69, 9.17) is 17.2 Å². The molecular weight excluding hydrogens is 288 g/mol. The minimum atomic E-state index is -0.723. The van der Waals surface area contributed by atoms with Crippen molar-refractivity contribution in [2.24, 2.45) is 17.2 Å². The van der Waals surface area contributed by atoms with E-state index in [1.54, 1.807) is 0 Å². The molecule has 7 nitrogen and oxygen atoms in total. The Morgan fingerprint density at radius 2 is 1.68 bits per heavy atom. The van der Waals surface area contributed by atoms with Gasteiger partial charge in [-0.15, -0.1) is 0 Å². The lowest BCUT2D eigenvalue weighted by molar-refractivity contribution is -0.126. The van der Waals surface area contributed by atoms with Crippen molar-refractivity contribution in [2.45, 2.75) is 31.8 Å². The second-order valence-corrected chi connectivity index (χ2v) is 6.40. The van der Waals surface area contributed by atoms with E-state index in [1.807, 2.05) is 6.92 Å². The first-order valence-electron chi connectivity index (χ1n) is 5.76. The molecule has 0 bridgehead atoms. The van der Waals surface area contributed by atoms with Crippen molar-refractivity contribution >= 4 is 39.3 Å². The van der Waals surface area contributed by atoms with Crippen molar-refractivity contribution in [1.82, 2.24) is 5.32 Å². The molecule has 0 rings (SSSR count). The van der Waals surface area contributed by atoms with E-state index in [2.05, 4.69) is 5.32 Å². The molecule has 0 aromatic rings. The number of carbonyl (C=O) groups excluding carboxylic acids is 3. The predicted molar refractivity (Wildman–Crippen MR) is 78.1 cm³/mol. The summed E-state index contributed by atoms with van der Waals surface area (Å²) >= 11 is 0. The Morgan fingerprint density at radius 3 is 2.16 bits per heavy atom. The number of carbonyl (C=O) groups is 3. The fraction of sp³-hybridized carbons (Fsp3) is 0.700. The molecule has 7 N–H and O–H groups in total. The van der Waals surface area contributed by atoms with E-state index in [0.717, 1.165) is 0 Å². The third kappa shape index (κ3) is 8.73. The van der Waals surface area contributed by atoms with Gasteiger partial charge in [-0.3, -0.25) is 14.4 Å². The van der Waals surface area contributed by atoms with Gasteiger partial charge in [-0.1, -0.05) is 28.5 Å². The highest BCUT2D eigenvalue weighted by atomic mass is 33.1. The van der Waals surface area contributed by atoms with Crippen molar-refractivity contribution in [3.8, 4) is 0 Å². The van der Waals surface area contributed by atoms with E-state index in [9.17, 15) is 14.4 Å². The van der Waals surface area contributed by atoms with Crippen LogP contribution < -0.4 is 22.5 Å². The predicted octanol–water partition coefficient (Wildman–Crippen LogP) is -1.05. The van der Waals surface area contributed by atoms with E-state index < -0.39 is 23.9 Å². The average Bonchev–Trinajstić information content (AvgIpc) is 2.32. The normalized spacial score (nSPS) is 13.6. The van der Waals surface area contributed by atoms with Crippen LogP contribution in [-0.4, -0.2) is 41.3 Å². The second-order valence-electron chi connectivity index (χ2n) is 3.85.